The quantitative estimate of drug-likeness (QED) is 0.665. The van der Waals surface area contributed by atoms with Crippen LogP contribution in [0.5, 0.6) is 0 Å². The van der Waals surface area contributed by atoms with Gasteiger partial charge in [0, 0.05) is 12.1 Å². The highest BCUT2D eigenvalue weighted by Gasteiger charge is 2.20. The van der Waals surface area contributed by atoms with Crippen molar-refractivity contribution in [2.45, 2.75) is 46.2 Å². The molecule has 0 bridgehead atoms. The van der Waals surface area contributed by atoms with Crippen molar-refractivity contribution in [3.05, 3.63) is 0 Å². The number of carbonyl (C=O) groups excluding carboxylic acids is 1. The lowest BCUT2D eigenvalue weighted by atomic mass is 10.2. The molecule has 0 aliphatic rings. The molecule has 0 aromatic heterocycles. The fourth-order valence-electron chi connectivity index (χ4n) is 1.40. The van der Waals surface area contributed by atoms with Crippen molar-refractivity contribution in [2.75, 3.05) is 18.1 Å². The summed E-state index contributed by atoms with van der Waals surface area (Å²) in [4.78, 5) is 23.9. The Balaban J connectivity index is 4.20. The number of carbonyl (C=O) groups is 2. The summed E-state index contributed by atoms with van der Waals surface area (Å²) in [6, 6.07) is -0.369. The second kappa shape index (κ2) is 9.08. The number of amides is 2. The van der Waals surface area contributed by atoms with Gasteiger partial charge in [0.2, 0.25) is 0 Å². The van der Waals surface area contributed by atoms with Crippen LogP contribution in [0.15, 0.2) is 0 Å². The third-order valence-corrected chi connectivity index (χ3v) is 3.39. The van der Waals surface area contributed by atoms with Crippen molar-refractivity contribution in [3.63, 3.8) is 0 Å². The topological polar surface area (TPSA) is 69.6 Å². The highest BCUT2D eigenvalue weighted by atomic mass is 32.2. The molecule has 0 heterocycles. The van der Waals surface area contributed by atoms with Gasteiger partial charge in [-0.15, -0.1) is 0 Å². The van der Waals surface area contributed by atoms with Gasteiger partial charge in [-0.05, 0) is 38.7 Å². The molecule has 0 radical (unpaired) electrons. The first-order valence-electron chi connectivity index (χ1n) is 6.25. The van der Waals surface area contributed by atoms with Crippen molar-refractivity contribution in [1.29, 1.82) is 0 Å². The van der Waals surface area contributed by atoms with E-state index in [4.69, 9.17) is 5.11 Å². The maximum absolute atomic E-state index is 11.9. The number of thioether (sulfide) groups is 1. The van der Waals surface area contributed by atoms with E-state index in [9.17, 15) is 9.59 Å². The fraction of sp³-hybridized carbons (Fsp3) is 0.833. The Bertz CT molecular complexity index is 272. The zero-order chi connectivity index (χ0) is 14.1. The van der Waals surface area contributed by atoms with E-state index in [0.29, 0.717) is 0 Å². The van der Waals surface area contributed by atoms with E-state index in [0.717, 1.165) is 17.9 Å². The molecule has 0 rings (SSSR count). The van der Waals surface area contributed by atoms with Crippen molar-refractivity contribution >= 4 is 23.8 Å². The molecule has 1 unspecified atom stereocenters. The third-order valence-electron chi connectivity index (χ3n) is 2.46. The molecule has 0 aliphatic heterocycles. The van der Waals surface area contributed by atoms with Crippen LogP contribution in [0.25, 0.3) is 0 Å². The minimum absolute atomic E-state index is 0.0617. The van der Waals surface area contributed by atoms with Crippen LogP contribution in [0, 0.1) is 0 Å². The largest absolute Gasteiger partial charge is 0.480 e. The van der Waals surface area contributed by atoms with E-state index in [-0.39, 0.29) is 24.7 Å². The number of hydrogen-bond acceptors (Lipinski definition) is 3. The number of urea groups is 1. The van der Waals surface area contributed by atoms with E-state index in [1.54, 1.807) is 13.8 Å². The van der Waals surface area contributed by atoms with Crippen LogP contribution in [-0.4, -0.2) is 52.1 Å². The lowest BCUT2D eigenvalue weighted by molar-refractivity contribution is -0.138. The number of rotatable bonds is 8. The first-order chi connectivity index (χ1) is 8.38. The van der Waals surface area contributed by atoms with Gasteiger partial charge in [0.15, 0.2) is 0 Å². The number of hydrogen-bond donors (Lipinski definition) is 2. The normalized spacial score (nSPS) is 12.3. The number of carboxylic acids is 1. The molecule has 1 atom stereocenters. The van der Waals surface area contributed by atoms with E-state index in [1.807, 2.05) is 18.7 Å². The van der Waals surface area contributed by atoms with Crippen molar-refractivity contribution in [3.8, 4) is 0 Å². The summed E-state index contributed by atoms with van der Waals surface area (Å²) in [5.74, 6) is 1.07. The molecule has 6 heteroatoms. The maximum Gasteiger partial charge on any atom is 0.323 e. The average molecular weight is 276 g/mol. The summed E-state index contributed by atoms with van der Waals surface area (Å²) in [6.07, 6.45) is 0.892. The second-order valence-corrected chi connectivity index (χ2v) is 5.85. The Morgan fingerprint density at radius 2 is 1.94 bits per heavy atom. The Morgan fingerprint density at radius 3 is 2.39 bits per heavy atom. The monoisotopic (exact) mass is 276 g/mol. The van der Waals surface area contributed by atoms with Gasteiger partial charge in [-0.2, -0.15) is 11.8 Å². The Morgan fingerprint density at radius 1 is 1.33 bits per heavy atom. The van der Waals surface area contributed by atoms with Gasteiger partial charge in [0.05, 0.1) is 0 Å². The van der Waals surface area contributed by atoms with E-state index >= 15 is 0 Å². The molecule has 0 saturated heterocycles. The van der Waals surface area contributed by atoms with Gasteiger partial charge in [-0.1, -0.05) is 6.92 Å². The Labute approximate surface area is 113 Å². The first kappa shape index (κ1) is 17.1. The minimum atomic E-state index is -0.993. The predicted molar refractivity (Wildman–Crippen MR) is 75.1 cm³/mol. The minimum Gasteiger partial charge on any atom is -0.480 e. The molecule has 0 aromatic carbocycles. The van der Waals surface area contributed by atoms with Crippen LogP contribution in [0.4, 0.5) is 4.79 Å². The lowest BCUT2D eigenvalue weighted by Crippen LogP contribution is -2.49. The SMILES string of the molecule is CCSCCC(C)NC(=O)N(CC(=O)O)C(C)C. The van der Waals surface area contributed by atoms with E-state index in [2.05, 4.69) is 12.2 Å². The van der Waals surface area contributed by atoms with Crippen LogP contribution < -0.4 is 5.32 Å². The second-order valence-electron chi connectivity index (χ2n) is 4.45. The molecule has 0 fully saturated rings. The van der Waals surface area contributed by atoms with Gasteiger partial charge in [-0.25, -0.2) is 4.79 Å². The summed E-state index contributed by atoms with van der Waals surface area (Å²) in [5.41, 5.74) is 0. The first-order valence-corrected chi connectivity index (χ1v) is 7.40. The van der Waals surface area contributed by atoms with Gasteiger partial charge in [0.25, 0.3) is 0 Å². The molecule has 2 amide bonds. The molecule has 0 aromatic rings. The van der Waals surface area contributed by atoms with Crippen molar-refractivity contribution < 1.29 is 14.7 Å². The van der Waals surface area contributed by atoms with Crippen LogP contribution in [-0.2, 0) is 4.79 Å². The van der Waals surface area contributed by atoms with Crippen molar-refractivity contribution in [2.24, 2.45) is 0 Å². The van der Waals surface area contributed by atoms with Gasteiger partial charge < -0.3 is 15.3 Å². The van der Waals surface area contributed by atoms with Crippen LogP contribution in [0.2, 0.25) is 0 Å². The van der Waals surface area contributed by atoms with Crippen LogP contribution >= 0.6 is 11.8 Å². The summed E-state index contributed by atoms with van der Waals surface area (Å²) in [7, 11) is 0. The molecule has 0 spiro atoms. The third kappa shape index (κ3) is 7.42. The highest BCUT2D eigenvalue weighted by molar-refractivity contribution is 7.99. The van der Waals surface area contributed by atoms with Crippen molar-refractivity contribution in [1.82, 2.24) is 10.2 Å². The molecular weight excluding hydrogens is 252 g/mol. The zero-order valence-corrected chi connectivity index (χ0v) is 12.4. The smallest absolute Gasteiger partial charge is 0.323 e. The average Bonchev–Trinajstić information content (AvgIpc) is 2.25. The summed E-state index contributed by atoms with van der Waals surface area (Å²) in [5, 5.41) is 11.6. The van der Waals surface area contributed by atoms with Gasteiger partial charge in [-0.3, -0.25) is 4.79 Å². The number of carboxylic acid groups (broad SMARTS) is 1. The summed E-state index contributed by atoms with van der Waals surface area (Å²) in [6.45, 7) is 7.38. The Kier molecular flexibility index (Phi) is 8.62. The fourth-order valence-corrected chi connectivity index (χ4v) is 2.21. The standard InChI is InChI=1S/C12H24N2O3S/c1-5-18-7-6-10(4)13-12(17)14(9(2)3)8-11(15)16/h9-10H,5-8H2,1-4H3,(H,13,17)(H,15,16). The lowest BCUT2D eigenvalue weighted by Gasteiger charge is -2.27. The molecule has 106 valence electrons. The molecule has 18 heavy (non-hydrogen) atoms. The zero-order valence-electron chi connectivity index (χ0n) is 11.6. The Hall–Kier alpha value is -0.910. The summed E-state index contributed by atoms with van der Waals surface area (Å²) < 4.78 is 0. The number of aliphatic carboxylic acids is 1. The molecule has 2 N–H and O–H groups in total. The van der Waals surface area contributed by atoms with E-state index in [1.165, 1.54) is 4.90 Å². The molecule has 0 saturated carbocycles. The van der Waals surface area contributed by atoms with E-state index < -0.39 is 5.97 Å². The highest BCUT2D eigenvalue weighted by Crippen LogP contribution is 2.05. The van der Waals surface area contributed by atoms with Crippen LogP contribution in [0.1, 0.15) is 34.1 Å². The number of nitrogens with one attached hydrogen (secondary N) is 1. The van der Waals surface area contributed by atoms with Gasteiger partial charge in [0.1, 0.15) is 6.54 Å². The predicted octanol–water partition coefficient (Wildman–Crippen LogP) is 2.02. The molecule has 5 nitrogen and oxygen atoms in total. The molecule has 0 aliphatic carbocycles. The summed E-state index contributed by atoms with van der Waals surface area (Å²) >= 11 is 1.83. The van der Waals surface area contributed by atoms with Crippen LogP contribution in [0.3, 0.4) is 0 Å². The van der Waals surface area contributed by atoms with Gasteiger partial charge >= 0.3 is 12.0 Å². The maximum atomic E-state index is 11.9. The molecular formula is C12H24N2O3S. The number of nitrogens with zero attached hydrogens (tertiary/aromatic N) is 1.